The van der Waals surface area contributed by atoms with Crippen molar-refractivity contribution >= 4 is 29.7 Å². The number of nitrogens with one attached hydrogen (secondary N) is 2. The lowest BCUT2D eigenvalue weighted by Crippen LogP contribution is -2.57. The van der Waals surface area contributed by atoms with E-state index < -0.39 is 6.03 Å². The number of esters is 1. The zero-order valence-electron chi connectivity index (χ0n) is 12.8. The van der Waals surface area contributed by atoms with Crippen LogP contribution >= 0.6 is 11.8 Å². The predicted octanol–water partition coefficient (Wildman–Crippen LogP) is 0.501. The number of imide groups is 1. The molecule has 0 spiro atoms. The van der Waals surface area contributed by atoms with E-state index in [1.807, 2.05) is 0 Å². The zero-order chi connectivity index (χ0) is 16.8. The van der Waals surface area contributed by atoms with Crippen LogP contribution in [0.25, 0.3) is 0 Å². The Morgan fingerprint density at radius 3 is 2.87 bits per heavy atom. The van der Waals surface area contributed by atoms with Gasteiger partial charge in [0.05, 0.1) is 12.5 Å². The normalized spacial score (nSPS) is 20.8. The third-order valence-corrected chi connectivity index (χ3v) is 4.06. The van der Waals surface area contributed by atoms with Crippen LogP contribution in [0.5, 0.6) is 0 Å². The van der Waals surface area contributed by atoms with Gasteiger partial charge in [-0.15, -0.1) is 10.2 Å². The van der Waals surface area contributed by atoms with Crippen LogP contribution in [0.2, 0.25) is 0 Å². The van der Waals surface area contributed by atoms with Crippen molar-refractivity contribution in [1.29, 1.82) is 0 Å². The standard InChI is InChI=1S/C13H18N4O5S/c1-3-21-10(18)6-23-13-17-16-9(22-13)5-4-8-7(2)14-12(20)15-11(8)19/h7-8H,3-6H2,1-2H3,(H2,14,15,19,20). The van der Waals surface area contributed by atoms with Crippen molar-refractivity contribution in [3.63, 3.8) is 0 Å². The van der Waals surface area contributed by atoms with Gasteiger partial charge in [0.1, 0.15) is 5.75 Å². The van der Waals surface area contributed by atoms with Gasteiger partial charge in [-0.05, 0) is 20.3 Å². The molecule has 10 heteroatoms. The topological polar surface area (TPSA) is 123 Å². The van der Waals surface area contributed by atoms with Crippen LogP contribution in [0.3, 0.4) is 0 Å². The van der Waals surface area contributed by atoms with Crippen molar-refractivity contribution in [3.8, 4) is 0 Å². The second-order valence-corrected chi connectivity index (χ2v) is 5.88. The number of carbonyl (C=O) groups is 3. The highest BCUT2D eigenvalue weighted by molar-refractivity contribution is 7.99. The van der Waals surface area contributed by atoms with Crippen molar-refractivity contribution in [3.05, 3.63) is 5.89 Å². The molecule has 0 saturated carbocycles. The Labute approximate surface area is 136 Å². The van der Waals surface area contributed by atoms with Crippen LogP contribution in [-0.4, -0.2) is 46.5 Å². The van der Waals surface area contributed by atoms with Crippen LogP contribution in [0, 0.1) is 5.92 Å². The zero-order valence-corrected chi connectivity index (χ0v) is 13.6. The van der Waals surface area contributed by atoms with Crippen molar-refractivity contribution in [2.45, 2.75) is 38.0 Å². The summed E-state index contributed by atoms with van der Waals surface area (Å²) < 4.78 is 10.2. The van der Waals surface area contributed by atoms with Gasteiger partial charge in [-0.25, -0.2) is 4.79 Å². The van der Waals surface area contributed by atoms with Crippen molar-refractivity contribution in [1.82, 2.24) is 20.8 Å². The van der Waals surface area contributed by atoms with Gasteiger partial charge in [0.15, 0.2) is 0 Å². The summed E-state index contributed by atoms with van der Waals surface area (Å²) in [6.45, 7) is 3.83. The van der Waals surface area contributed by atoms with E-state index >= 15 is 0 Å². The van der Waals surface area contributed by atoms with Gasteiger partial charge in [-0.1, -0.05) is 11.8 Å². The first-order valence-electron chi connectivity index (χ1n) is 7.21. The lowest BCUT2D eigenvalue weighted by Gasteiger charge is -2.28. The molecule has 2 unspecified atom stereocenters. The predicted molar refractivity (Wildman–Crippen MR) is 79.6 cm³/mol. The quantitative estimate of drug-likeness (QED) is 0.542. The monoisotopic (exact) mass is 342 g/mol. The van der Waals surface area contributed by atoms with Gasteiger partial charge < -0.3 is 14.5 Å². The van der Waals surface area contributed by atoms with Gasteiger partial charge in [-0.2, -0.15) is 0 Å². The Morgan fingerprint density at radius 2 is 2.17 bits per heavy atom. The molecule has 0 aromatic carbocycles. The van der Waals surface area contributed by atoms with Gasteiger partial charge in [0, 0.05) is 12.5 Å². The third kappa shape index (κ3) is 4.95. The van der Waals surface area contributed by atoms with E-state index in [4.69, 9.17) is 9.15 Å². The molecule has 1 aliphatic rings. The fourth-order valence-electron chi connectivity index (χ4n) is 2.16. The molecular weight excluding hydrogens is 324 g/mol. The highest BCUT2D eigenvalue weighted by atomic mass is 32.2. The number of hydrogen-bond donors (Lipinski definition) is 2. The summed E-state index contributed by atoms with van der Waals surface area (Å²) in [5.74, 6) is -0.523. The van der Waals surface area contributed by atoms with E-state index in [1.165, 1.54) is 0 Å². The Hall–Kier alpha value is -2.10. The number of nitrogens with zero attached hydrogens (tertiary/aromatic N) is 2. The van der Waals surface area contributed by atoms with Gasteiger partial charge in [0.2, 0.25) is 11.8 Å². The van der Waals surface area contributed by atoms with Crippen LogP contribution < -0.4 is 10.6 Å². The molecular formula is C13H18N4O5S. The maximum Gasteiger partial charge on any atom is 0.321 e. The fourth-order valence-corrected chi connectivity index (χ4v) is 2.73. The molecule has 9 nitrogen and oxygen atoms in total. The van der Waals surface area contributed by atoms with E-state index in [1.54, 1.807) is 13.8 Å². The summed E-state index contributed by atoms with van der Waals surface area (Å²) in [6, 6.07) is -0.731. The van der Waals surface area contributed by atoms with E-state index in [2.05, 4.69) is 20.8 Å². The highest BCUT2D eigenvalue weighted by Crippen LogP contribution is 2.19. The van der Waals surface area contributed by atoms with Gasteiger partial charge in [0.25, 0.3) is 5.22 Å². The van der Waals surface area contributed by atoms with Gasteiger partial charge in [-0.3, -0.25) is 14.9 Å². The number of rotatable bonds is 7. The van der Waals surface area contributed by atoms with Crippen LogP contribution in [0.4, 0.5) is 4.79 Å². The maximum atomic E-state index is 11.8. The molecule has 1 aromatic heterocycles. The number of urea groups is 1. The maximum absolute atomic E-state index is 11.8. The highest BCUT2D eigenvalue weighted by Gasteiger charge is 2.32. The average Bonchev–Trinajstić information content (AvgIpc) is 2.92. The lowest BCUT2D eigenvalue weighted by atomic mass is 9.93. The summed E-state index contributed by atoms with van der Waals surface area (Å²) in [5.41, 5.74) is 0. The summed E-state index contributed by atoms with van der Waals surface area (Å²) in [7, 11) is 0. The number of hydrogen-bond acceptors (Lipinski definition) is 8. The number of ether oxygens (including phenoxy) is 1. The minimum atomic E-state index is -0.478. The minimum Gasteiger partial charge on any atom is -0.465 e. The van der Waals surface area contributed by atoms with Gasteiger partial charge >= 0.3 is 12.0 Å². The smallest absolute Gasteiger partial charge is 0.321 e. The van der Waals surface area contributed by atoms with E-state index in [-0.39, 0.29) is 34.8 Å². The molecule has 0 bridgehead atoms. The summed E-state index contributed by atoms with van der Waals surface area (Å²) >= 11 is 1.10. The molecule has 0 radical (unpaired) electrons. The Kier molecular flexibility index (Phi) is 5.97. The van der Waals surface area contributed by atoms with Crippen LogP contribution in [0.15, 0.2) is 9.64 Å². The molecule has 1 aliphatic heterocycles. The number of thioether (sulfide) groups is 1. The molecule has 2 heterocycles. The molecule has 3 amide bonds. The van der Waals surface area contributed by atoms with E-state index in [0.29, 0.717) is 25.3 Å². The lowest BCUT2D eigenvalue weighted by molar-refractivity contribution is -0.139. The van der Waals surface area contributed by atoms with Crippen LogP contribution in [-0.2, 0) is 20.7 Å². The number of aryl methyl sites for hydroxylation is 1. The van der Waals surface area contributed by atoms with Crippen molar-refractivity contribution < 1.29 is 23.5 Å². The third-order valence-electron chi connectivity index (χ3n) is 3.27. The van der Waals surface area contributed by atoms with Crippen molar-refractivity contribution in [2.75, 3.05) is 12.4 Å². The molecule has 2 rings (SSSR count). The number of carbonyl (C=O) groups excluding carboxylic acids is 3. The van der Waals surface area contributed by atoms with E-state index in [0.717, 1.165) is 11.8 Å². The second kappa shape index (κ2) is 7.95. The number of amides is 3. The summed E-state index contributed by atoms with van der Waals surface area (Å²) in [6.07, 6.45) is 0.878. The second-order valence-electron chi connectivity index (χ2n) is 4.95. The molecule has 1 fully saturated rings. The first-order chi connectivity index (χ1) is 11.0. The SMILES string of the molecule is CCOC(=O)CSc1nnc(CCC2C(=O)NC(=O)NC2C)o1. The largest absolute Gasteiger partial charge is 0.465 e. The summed E-state index contributed by atoms with van der Waals surface area (Å²) in [5, 5.41) is 12.9. The Bertz CT molecular complexity index is 591. The van der Waals surface area contributed by atoms with Crippen LogP contribution in [0.1, 0.15) is 26.2 Å². The first kappa shape index (κ1) is 17.3. The fraction of sp³-hybridized carbons (Fsp3) is 0.615. The Morgan fingerprint density at radius 1 is 1.39 bits per heavy atom. The Balaban J connectivity index is 1.81. The average molecular weight is 342 g/mol. The molecule has 1 aromatic rings. The number of aromatic nitrogens is 2. The molecule has 2 N–H and O–H groups in total. The summed E-state index contributed by atoms with van der Waals surface area (Å²) in [4.78, 5) is 34.2. The first-order valence-corrected chi connectivity index (χ1v) is 8.20. The molecule has 23 heavy (non-hydrogen) atoms. The molecule has 2 atom stereocenters. The minimum absolute atomic E-state index is 0.101. The molecule has 1 saturated heterocycles. The molecule has 0 aliphatic carbocycles. The van der Waals surface area contributed by atoms with E-state index in [9.17, 15) is 14.4 Å². The molecule has 126 valence electrons. The van der Waals surface area contributed by atoms with Crippen molar-refractivity contribution in [2.24, 2.45) is 5.92 Å².